The van der Waals surface area contributed by atoms with Crippen LogP contribution in [0.4, 0.5) is 13.2 Å². The fourth-order valence-corrected chi connectivity index (χ4v) is 6.35. The standard InChI is InChI=1S/C38H19F3N6/c1-20-2-4-21(5-3-20)23-8-12-28-30(14-23)34-36(32(28)25(16-42)17-43)47-35-31-15-24(22-6-10-27(11-7-22)38(39,40)41)9-13-29(31)33(37(35)46-34)26(18-44)19-45/h2-6,8-10,12-15H,7,11H2,1H3. The number of aromatic nitrogens is 2. The summed E-state index contributed by atoms with van der Waals surface area (Å²) in [5, 5.41) is 39.7. The number of halogens is 3. The quantitative estimate of drug-likeness (QED) is 0.179. The number of nitrogens with zero attached hydrogens (tertiary/aromatic N) is 6. The summed E-state index contributed by atoms with van der Waals surface area (Å²) in [4.78, 5) is 9.97. The normalized spacial score (nSPS) is 13.9. The third-order valence-corrected chi connectivity index (χ3v) is 8.67. The average molecular weight is 617 g/mol. The molecule has 222 valence electrons. The van der Waals surface area contributed by atoms with E-state index in [0.717, 1.165) is 22.8 Å². The van der Waals surface area contributed by atoms with Crippen LogP contribution in [0.1, 0.15) is 46.5 Å². The van der Waals surface area contributed by atoms with Gasteiger partial charge in [-0.15, -0.1) is 0 Å². The monoisotopic (exact) mass is 616 g/mol. The van der Waals surface area contributed by atoms with E-state index in [0.29, 0.717) is 67.3 Å². The fraction of sp³-hybridized carbons (Fsp3) is 0.105. The Bertz CT molecular complexity index is 2350. The lowest BCUT2D eigenvalue weighted by Gasteiger charge is -2.17. The Morgan fingerprint density at radius 1 is 0.596 bits per heavy atom. The van der Waals surface area contributed by atoms with Gasteiger partial charge in [0.05, 0.1) is 11.4 Å². The summed E-state index contributed by atoms with van der Waals surface area (Å²) in [6.07, 6.45) is -1.83. The molecule has 3 aliphatic rings. The van der Waals surface area contributed by atoms with Gasteiger partial charge in [0.1, 0.15) is 46.8 Å². The maximum atomic E-state index is 13.3. The SMILES string of the molecule is Cc1ccc(-c2ccc3c(c2)-c2nc4c(nc2C3=C(C#N)C#N)-c2cc(C3=CC=C(C(F)(F)F)CC3)ccc2C4=C(C#N)C#N)cc1. The molecule has 1 heterocycles. The first-order chi connectivity index (χ1) is 22.7. The first-order valence-electron chi connectivity index (χ1n) is 14.5. The van der Waals surface area contributed by atoms with E-state index in [1.165, 1.54) is 6.08 Å². The largest absolute Gasteiger partial charge is 0.412 e. The highest BCUT2D eigenvalue weighted by atomic mass is 19.4. The van der Waals surface area contributed by atoms with Gasteiger partial charge in [0.15, 0.2) is 0 Å². The van der Waals surface area contributed by atoms with Crippen molar-refractivity contribution in [1.82, 2.24) is 9.97 Å². The number of hydrogen-bond acceptors (Lipinski definition) is 6. The van der Waals surface area contributed by atoms with Gasteiger partial charge in [0.2, 0.25) is 0 Å². The van der Waals surface area contributed by atoms with Crippen molar-refractivity contribution in [3.63, 3.8) is 0 Å². The molecule has 0 radical (unpaired) electrons. The molecule has 3 aliphatic carbocycles. The van der Waals surface area contributed by atoms with Crippen molar-refractivity contribution < 1.29 is 13.2 Å². The average Bonchev–Trinajstić information content (AvgIpc) is 3.56. The zero-order chi connectivity index (χ0) is 33.0. The lowest BCUT2D eigenvalue weighted by Crippen LogP contribution is -2.13. The zero-order valence-electron chi connectivity index (χ0n) is 24.7. The lowest BCUT2D eigenvalue weighted by molar-refractivity contribution is -0.0939. The molecule has 0 bridgehead atoms. The Kier molecular flexibility index (Phi) is 6.71. The van der Waals surface area contributed by atoms with Crippen LogP contribution in [0.2, 0.25) is 0 Å². The lowest BCUT2D eigenvalue weighted by atomic mass is 9.91. The number of fused-ring (bicyclic) bond motifs is 6. The van der Waals surface area contributed by atoms with E-state index in [9.17, 15) is 34.2 Å². The van der Waals surface area contributed by atoms with Gasteiger partial charge in [0, 0.05) is 27.8 Å². The van der Waals surface area contributed by atoms with E-state index in [1.807, 2.05) is 73.7 Å². The van der Waals surface area contributed by atoms with Crippen molar-refractivity contribution in [3.8, 4) is 57.9 Å². The number of rotatable bonds is 2. The van der Waals surface area contributed by atoms with Gasteiger partial charge in [-0.2, -0.15) is 34.2 Å². The molecule has 6 nitrogen and oxygen atoms in total. The fourth-order valence-electron chi connectivity index (χ4n) is 6.35. The predicted molar refractivity (Wildman–Crippen MR) is 169 cm³/mol. The number of hydrogen-bond donors (Lipinski definition) is 0. The van der Waals surface area contributed by atoms with E-state index in [-0.39, 0.29) is 24.0 Å². The van der Waals surface area contributed by atoms with Crippen LogP contribution in [0.25, 0.3) is 50.4 Å². The molecular weight excluding hydrogens is 597 g/mol. The first-order valence-corrected chi connectivity index (χ1v) is 14.5. The van der Waals surface area contributed by atoms with Crippen molar-refractivity contribution in [2.75, 3.05) is 0 Å². The molecule has 0 saturated carbocycles. The summed E-state index contributed by atoms with van der Waals surface area (Å²) in [7, 11) is 0. The number of nitriles is 4. The molecule has 47 heavy (non-hydrogen) atoms. The molecule has 0 amide bonds. The van der Waals surface area contributed by atoms with Gasteiger partial charge in [-0.05, 0) is 65.3 Å². The van der Waals surface area contributed by atoms with Crippen LogP contribution in [0.15, 0.2) is 89.5 Å². The molecule has 0 unspecified atom stereocenters. The second kappa shape index (κ2) is 10.8. The second-order valence-corrected chi connectivity index (χ2v) is 11.3. The molecule has 0 saturated heterocycles. The highest BCUT2D eigenvalue weighted by molar-refractivity contribution is 6.07. The number of alkyl halides is 3. The van der Waals surface area contributed by atoms with E-state index in [4.69, 9.17) is 9.97 Å². The van der Waals surface area contributed by atoms with Crippen LogP contribution in [-0.4, -0.2) is 16.1 Å². The third-order valence-electron chi connectivity index (χ3n) is 8.67. The van der Waals surface area contributed by atoms with Crippen molar-refractivity contribution in [2.24, 2.45) is 0 Å². The topological polar surface area (TPSA) is 121 Å². The minimum Gasteiger partial charge on any atom is -0.243 e. The molecule has 1 aromatic heterocycles. The molecule has 7 rings (SSSR count). The highest BCUT2D eigenvalue weighted by Crippen LogP contribution is 2.51. The van der Waals surface area contributed by atoms with Gasteiger partial charge in [-0.3, -0.25) is 0 Å². The third kappa shape index (κ3) is 4.62. The van der Waals surface area contributed by atoms with Crippen LogP contribution in [-0.2, 0) is 0 Å². The molecule has 9 heteroatoms. The van der Waals surface area contributed by atoms with Crippen LogP contribution in [0, 0.1) is 52.2 Å². The highest BCUT2D eigenvalue weighted by Gasteiger charge is 2.37. The minimum atomic E-state index is -4.39. The molecular formula is C38H19F3N6. The summed E-state index contributed by atoms with van der Waals surface area (Å²) in [6.45, 7) is 2.00. The van der Waals surface area contributed by atoms with Crippen LogP contribution >= 0.6 is 0 Å². The Hall–Kier alpha value is -6.55. The Balaban J connectivity index is 1.47. The van der Waals surface area contributed by atoms with E-state index >= 15 is 0 Å². The van der Waals surface area contributed by atoms with Gasteiger partial charge < -0.3 is 0 Å². The zero-order valence-corrected chi connectivity index (χ0v) is 24.7. The second-order valence-electron chi connectivity index (χ2n) is 11.3. The Labute approximate surface area is 267 Å². The van der Waals surface area contributed by atoms with Crippen LogP contribution < -0.4 is 0 Å². The Morgan fingerprint density at radius 2 is 1.09 bits per heavy atom. The maximum absolute atomic E-state index is 13.3. The van der Waals surface area contributed by atoms with Crippen molar-refractivity contribution in [1.29, 1.82) is 21.0 Å². The van der Waals surface area contributed by atoms with Gasteiger partial charge in [-0.25, -0.2) is 9.97 Å². The van der Waals surface area contributed by atoms with Crippen molar-refractivity contribution in [2.45, 2.75) is 25.9 Å². The van der Waals surface area contributed by atoms with E-state index in [1.54, 1.807) is 18.2 Å². The van der Waals surface area contributed by atoms with Crippen molar-refractivity contribution >= 4 is 16.7 Å². The summed E-state index contributed by atoms with van der Waals surface area (Å²) in [5.74, 6) is 0. The summed E-state index contributed by atoms with van der Waals surface area (Å²) in [5.41, 5.74) is 7.76. The first kappa shape index (κ1) is 29.2. The smallest absolute Gasteiger partial charge is 0.243 e. The van der Waals surface area contributed by atoms with E-state index < -0.39 is 11.7 Å². The predicted octanol–water partition coefficient (Wildman–Crippen LogP) is 8.78. The molecule has 0 spiro atoms. The minimum absolute atomic E-state index is 0.139. The van der Waals surface area contributed by atoms with E-state index in [2.05, 4.69) is 0 Å². The number of aryl methyl sites for hydroxylation is 1. The Morgan fingerprint density at radius 3 is 1.55 bits per heavy atom. The molecule has 4 aromatic rings. The maximum Gasteiger partial charge on any atom is 0.412 e. The summed E-state index contributed by atoms with van der Waals surface area (Å²) in [6, 6.07) is 26.8. The molecule has 0 N–H and O–H groups in total. The number of allylic oxidation sites excluding steroid dienone is 6. The van der Waals surface area contributed by atoms with Crippen LogP contribution in [0.5, 0.6) is 0 Å². The van der Waals surface area contributed by atoms with Gasteiger partial charge >= 0.3 is 6.18 Å². The van der Waals surface area contributed by atoms with Crippen molar-refractivity contribution in [3.05, 3.63) is 123 Å². The van der Waals surface area contributed by atoms with Gasteiger partial charge in [0.25, 0.3) is 0 Å². The molecule has 0 atom stereocenters. The summed E-state index contributed by atoms with van der Waals surface area (Å²) < 4.78 is 39.8. The van der Waals surface area contributed by atoms with Gasteiger partial charge in [-0.1, -0.05) is 66.2 Å². The molecule has 3 aromatic carbocycles. The summed E-state index contributed by atoms with van der Waals surface area (Å²) >= 11 is 0. The molecule has 0 aliphatic heterocycles. The van der Waals surface area contributed by atoms with Crippen LogP contribution in [0.3, 0.4) is 0 Å². The molecule has 0 fully saturated rings. The number of benzene rings is 3.